The third kappa shape index (κ3) is 1.96. The molecule has 0 aromatic carbocycles. The lowest BCUT2D eigenvalue weighted by Crippen LogP contribution is -2.13. The first-order chi connectivity index (χ1) is 8.58. The summed E-state index contributed by atoms with van der Waals surface area (Å²) in [7, 11) is 0. The average molecular weight is 247 g/mol. The van der Waals surface area contributed by atoms with Crippen molar-refractivity contribution in [3.05, 3.63) is 28.7 Å². The van der Waals surface area contributed by atoms with Crippen molar-refractivity contribution in [2.75, 3.05) is 0 Å². The van der Waals surface area contributed by atoms with Crippen molar-refractivity contribution in [2.24, 2.45) is 0 Å². The molecule has 0 atom stereocenters. The number of nitrogens with zero attached hydrogens (tertiary/aromatic N) is 3. The second kappa shape index (κ2) is 4.76. The number of carbonyl (C=O) groups is 1. The molecule has 2 aromatic rings. The van der Waals surface area contributed by atoms with Crippen LogP contribution in [0.1, 0.15) is 36.4 Å². The van der Waals surface area contributed by atoms with E-state index < -0.39 is 5.97 Å². The number of carboxylic acids is 1. The van der Waals surface area contributed by atoms with Gasteiger partial charge in [-0.25, -0.2) is 9.50 Å². The van der Waals surface area contributed by atoms with Crippen molar-refractivity contribution in [2.45, 2.75) is 40.0 Å². The maximum absolute atomic E-state index is 11.0. The summed E-state index contributed by atoms with van der Waals surface area (Å²) in [5.41, 5.74) is 4.47. The molecule has 0 saturated carbocycles. The maximum atomic E-state index is 11.0. The highest BCUT2D eigenvalue weighted by Gasteiger charge is 2.17. The van der Waals surface area contributed by atoms with E-state index >= 15 is 0 Å². The van der Waals surface area contributed by atoms with Gasteiger partial charge in [-0.2, -0.15) is 5.10 Å². The molecular formula is C13H17N3O2. The van der Waals surface area contributed by atoms with E-state index in [1.165, 1.54) is 0 Å². The lowest BCUT2D eigenvalue weighted by atomic mass is 10.0. The summed E-state index contributed by atoms with van der Waals surface area (Å²) in [4.78, 5) is 15.5. The van der Waals surface area contributed by atoms with Crippen molar-refractivity contribution in [3.63, 3.8) is 0 Å². The number of fused-ring (bicyclic) bond motifs is 1. The molecule has 0 fully saturated rings. The SMILES string of the molecule is CCc1nc2c(C)cnn2c(CC)c1CC(=O)O. The summed E-state index contributed by atoms with van der Waals surface area (Å²) in [6.07, 6.45) is 3.26. The van der Waals surface area contributed by atoms with Crippen LogP contribution in [0.4, 0.5) is 0 Å². The Kier molecular flexibility index (Phi) is 3.32. The lowest BCUT2D eigenvalue weighted by Gasteiger charge is -2.12. The highest BCUT2D eigenvalue weighted by Crippen LogP contribution is 2.19. The number of carboxylic acid groups (broad SMARTS) is 1. The Balaban J connectivity index is 2.76. The fraction of sp³-hybridized carbons (Fsp3) is 0.462. The third-order valence-electron chi connectivity index (χ3n) is 3.11. The second-order valence-corrected chi connectivity index (χ2v) is 4.32. The molecule has 5 heteroatoms. The first-order valence-electron chi connectivity index (χ1n) is 6.15. The van der Waals surface area contributed by atoms with Crippen molar-refractivity contribution in [3.8, 4) is 0 Å². The van der Waals surface area contributed by atoms with E-state index in [1.54, 1.807) is 10.7 Å². The fourth-order valence-electron chi connectivity index (χ4n) is 2.26. The van der Waals surface area contributed by atoms with E-state index in [0.717, 1.165) is 41.0 Å². The number of hydrogen-bond donors (Lipinski definition) is 1. The molecule has 0 aliphatic heterocycles. The van der Waals surface area contributed by atoms with Crippen LogP contribution in [0.3, 0.4) is 0 Å². The van der Waals surface area contributed by atoms with E-state index in [9.17, 15) is 4.79 Å². The largest absolute Gasteiger partial charge is 0.481 e. The molecule has 0 radical (unpaired) electrons. The van der Waals surface area contributed by atoms with Crippen LogP contribution in [0.5, 0.6) is 0 Å². The van der Waals surface area contributed by atoms with Gasteiger partial charge >= 0.3 is 5.97 Å². The van der Waals surface area contributed by atoms with Gasteiger partial charge in [0, 0.05) is 22.5 Å². The van der Waals surface area contributed by atoms with Crippen LogP contribution in [-0.2, 0) is 24.1 Å². The zero-order valence-corrected chi connectivity index (χ0v) is 10.9. The second-order valence-electron chi connectivity index (χ2n) is 4.32. The number of rotatable bonds is 4. The van der Waals surface area contributed by atoms with Gasteiger partial charge in [-0.1, -0.05) is 13.8 Å². The Hall–Kier alpha value is -1.91. The number of aromatic nitrogens is 3. The summed E-state index contributed by atoms with van der Waals surface area (Å²) in [6, 6.07) is 0. The predicted octanol–water partition coefficient (Wildman–Crippen LogP) is 1.79. The number of aryl methyl sites for hydroxylation is 3. The van der Waals surface area contributed by atoms with Gasteiger partial charge in [-0.3, -0.25) is 4.79 Å². The highest BCUT2D eigenvalue weighted by molar-refractivity contribution is 5.71. The molecular weight excluding hydrogens is 230 g/mol. The zero-order valence-electron chi connectivity index (χ0n) is 10.9. The van der Waals surface area contributed by atoms with Crippen LogP contribution in [-0.4, -0.2) is 25.7 Å². The monoisotopic (exact) mass is 247 g/mol. The van der Waals surface area contributed by atoms with Gasteiger partial charge in [-0.05, 0) is 19.8 Å². The predicted molar refractivity (Wildman–Crippen MR) is 67.8 cm³/mol. The van der Waals surface area contributed by atoms with Crippen LogP contribution >= 0.6 is 0 Å². The van der Waals surface area contributed by atoms with Crippen LogP contribution < -0.4 is 0 Å². The normalized spacial score (nSPS) is 11.1. The Morgan fingerprint density at radius 3 is 2.67 bits per heavy atom. The molecule has 0 bridgehead atoms. The molecule has 0 aliphatic rings. The van der Waals surface area contributed by atoms with Crippen molar-refractivity contribution < 1.29 is 9.90 Å². The minimum Gasteiger partial charge on any atom is -0.481 e. The first-order valence-corrected chi connectivity index (χ1v) is 6.15. The minimum atomic E-state index is -0.829. The van der Waals surface area contributed by atoms with E-state index in [0.29, 0.717) is 0 Å². The summed E-state index contributed by atoms with van der Waals surface area (Å²) >= 11 is 0. The Labute approximate surface area is 105 Å². The van der Waals surface area contributed by atoms with Crippen LogP contribution in [0.15, 0.2) is 6.20 Å². The summed E-state index contributed by atoms with van der Waals surface area (Å²) in [6.45, 7) is 5.97. The first kappa shape index (κ1) is 12.5. The molecule has 2 aromatic heterocycles. The minimum absolute atomic E-state index is 0.00813. The topological polar surface area (TPSA) is 67.5 Å². The van der Waals surface area contributed by atoms with Gasteiger partial charge in [0.25, 0.3) is 0 Å². The molecule has 96 valence electrons. The van der Waals surface area contributed by atoms with Gasteiger partial charge in [-0.15, -0.1) is 0 Å². The van der Waals surface area contributed by atoms with Crippen LogP contribution in [0.25, 0.3) is 5.65 Å². The third-order valence-corrected chi connectivity index (χ3v) is 3.11. The fourth-order valence-corrected chi connectivity index (χ4v) is 2.26. The van der Waals surface area contributed by atoms with Gasteiger partial charge in [0.1, 0.15) is 0 Å². The molecule has 1 N–H and O–H groups in total. The van der Waals surface area contributed by atoms with Crippen LogP contribution in [0, 0.1) is 6.92 Å². The number of aliphatic carboxylic acids is 1. The van der Waals surface area contributed by atoms with Crippen LogP contribution in [0.2, 0.25) is 0 Å². The van der Waals surface area contributed by atoms with Gasteiger partial charge < -0.3 is 5.11 Å². The number of hydrogen-bond acceptors (Lipinski definition) is 3. The average Bonchev–Trinajstić information content (AvgIpc) is 2.69. The standard InChI is InChI=1S/C13H17N3O2/c1-4-10-9(6-12(17)18)11(5-2)16-13(15-10)8(3)7-14-16/h7H,4-6H2,1-3H3,(H,17,18). The summed E-state index contributed by atoms with van der Waals surface area (Å²) < 4.78 is 1.77. The molecule has 0 spiro atoms. The molecule has 0 aliphatic carbocycles. The Bertz CT molecular complexity index is 602. The van der Waals surface area contributed by atoms with E-state index in [-0.39, 0.29) is 6.42 Å². The summed E-state index contributed by atoms with van der Waals surface area (Å²) in [5, 5.41) is 13.3. The molecule has 0 saturated heterocycles. The molecule has 5 nitrogen and oxygen atoms in total. The molecule has 2 rings (SSSR count). The quantitative estimate of drug-likeness (QED) is 0.894. The molecule has 2 heterocycles. The Morgan fingerprint density at radius 1 is 1.39 bits per heavy atom. The smallest absolute Gasteiger partial charge is 0.307 e. The Morgan fingerprint density at radius 2 is 2.11 bits per heavy atom. The summed E-state index contributed by atoms with van der Waals surface area (Å²) in [5.74, 6) is -0.829. The highest BCUT2D eigenvalue weighted by atomic mass is 16.4. The van der Waals surface area contributed by atoms with Crippen molar-refractivity contribution >= 4 is 11.6 Å². The maximum Gasteiger partial charge on any atom is 0.307 e. The van der Waals surface area contributed by atoms with Crippen molar-refractivity contribution in [1.82, 2.24) is 14.6 Å². The lowest BCUT2D eigenvalue weighted by molar-refractivity contribution is -0.136. The van der Waals surface area contributed by atoms with Gasteiger partial charge in [0.05, 0.1) is 12.6 Å². The molecule has 18 heavy (non-hydrogen) atoms. The van der Waals surface area contributed by atoms with E-state index in [4.69, 9.17) is 5.11 Å². The van der Waals surface area contributed by atoms with Crippen molar-refractivity contribution in [1.29, 1.82) is 0 Å². The zero-order chi connectivity index (χ0) is 13.3. The van der Waals surface area contributed by atoms with Gasteiger partial charge in [0.2, 0.25) is 0 Å². The van der Waals surface area contributed by atoms with E-state index in [2.05, 4.69) is 10.1 Å². The van der Waals surface area contributed by atoms with E-state index in [1.807, 2.05) is 20.8 Å². The molecule has 0 unspecified atom stereocenters. The van der Waals surface area contributed by atoms with Gasteiger partial charge in [0.15, 0.2) is 5.65 Å². The molecule has 0 amide bonds.